The predicted octanol–water partition coefficient (Wildman–Crippen LogP) is 3.19. The van der Waals surface area contributed by atoms with E-state index in [1.807, 2.05) is 38.1 Å². The van der Waals surface area contributed by atoms with E-state index in [-0.39, 0.29) is 6.04 Å². The van der Waals surface area contributed by atoms with Crippen molar-refractivity contribution in [3.05, 3.63) is 53.5 Å². The first-order chi connectivity index (χ1) is 8.66. The summed E-state index contributed by atoms with van der Waals surface area (Å²) >= 11 is 0. The van der Waals surface area contributed by atoms with Gasteiger partial charge in [0.1, 0.15) is 11.5 Å². The number of phenols is 1. The zero-order valence-corrected chi connectivity index (χ0v) is 10.8. The van der Waals surface area contributed by atoms with Gasteiger partial charge in [-0.3, -0.25) is 0 Å². The van der Waals surface area contributed by atoms with E-state index < -0.39 is 0 Å². The van der Waals surface area contributed by atoms with Gasteiger partial charge in [0, 0.05) is 24.6 Å². The van der Waals surface area contributed by atoms with Crippen LogP contribution in [0.3, 0.4) is 0 Å². The van der Waals surface area contributed by atoms with Gasteiger partial charge in [0.2, 0.25) is 0 Å². The van der Waals surface area contributed by atoms with Gasteiger partial charge in [-0.15, -0.1) is 0 Å². The van der Waals surface area contributed by atoms with Crippen molar-refractivity contribution < 1.29 is 9.52 Å². The van der Waals surface area contributed by atoms with Gasteiger partial charge in [0.25, 0.3) is 0 Å². The molecule has 0 spiro atoms. The Bertz CT molecular complexity index is 491. The third-order valence-electron chi connectivity index (χ3n) is 3.05. The van der Waals surface area contributed by atoms with Gasteiger partial charge in [-0.1, -0.05) is 12.1 Å². The number of hydrogen-bond acceptors (Lipinski definition) is 3. The molecule has 18 heavy (non-hydrogen) atoms. The van der Waals surface area contributed by atoms with Crippen molar-refractivity contribution in [1.29, 1.82) is 0 Å². The number of rotatable bonds is 5. The molecule has 2 rings (SSSR count). The molecule has 1 aromatic carbocycles. The molecular weight excluding hydrogens is 226 g/mol. The van der Waals surface area contributed by atoms with Crippen molar-refractivity contribution in [2.24, 2.45) is 0 Å². The van der Waals surface area contributed by atoms with E-state index in [4.69, 9.17) is 4.42 Å². The van der Waals surface area contributed by atoms with Crippen molar-refractivity contribution in [3.63, 3.8) is 0 Å². The fourth-order valence-electron chi connectivity index (χ4n) is 2.00. The van der Waals surface area contributed by atoms with Crippen molar-refractivity contribution in [2.75, 3.05) is 6.54 Å². The van der Waals surface area contributed by atoms with Crippen molar-refractivity contribution in [3.8, 4) is 5.75 Å². The van der Waals surface area contributed by atoms with Gasteiger partial charge in [-0.2, -0.15) is 0 Å². The molecule has 1 aromatic heterocycles. The fourth-order valence-corrected chi connectivity index (χ4v) is 2.00. The standard InChI is InChI=1S/C15H19NO2/c1-11-5-6-14(15(17)10-11)12(2)16-8-7-13-4-3-9-18-13/h3-6,9-10,12,16-17H,7-8H2,1-2H3. The van der Waals surface area contributed by atoms with Crippen LogP contribution in [0.25, 0.3) is 0 Å². The van der Waals surface area contributed by atoms with Crippen molar-refractivity contribution in [1.82, 2.24) is 5.32 Å². The summed E-state index contributed by atoms with van der Waals surface area (Å²) in [5.41, 5.74) is 2.00. The Labute approximate surface area is 107 Å². The topological polar surface area (TPSA) is 45.4 Å². The lowest BCUT2D eigenvalue weighted by Gasteiger charge is -2.15. The average Bonchev–Trinajstić information content (AvgIpc) is 2.81. The first-order valence-electron chi connectivity index (χ1n) is 6.22. The molecule has 96 valence electrons. The maximum atomic E-state index is 9.89. The van der Waals surface area contributed by atoms with E-state index in [9.17, 15) is 5.11 Å². The SMILES string of the molecule is Cc1ccc(C(C)NCCc2ccco2)c(O)c1. The Hall–Kier alpha value is -1.74. The minimum atomic E-state index is 0.126. The molecule has 3 nitrogen and oxygen atoms in total. The largest absolute Gasteiger partial charge is 0.508 e. The lowest BCUT2D eigenvalue weighted by Crippen LogP contribution is -2.21. The van der Waals surface area contributed by atoms with Crippen LogP contribution < -0.4 is 5.32 Å². The molecule has 2 aromatic rings. The number of phenolic OH excluding ortho intramolecular Hbond substituents is 1. The fraction of sp³-hybridized carbons (Fsp3) is 0.333. The molecular formula is C15H19NO2. The number of benzene rings is 1. The molecule has 0 aliphatic carbocycles. The lowest BCUT2D eigenvalue weighted by molar-refractivity contribution is 0.448. The smallest absolute Gasteiger partial charge is 0.120 e. The van der Waals surface area contributed by atoms with Gasteiger partial charge in [0.15, 0.2) is 0 Å². The minimum Gasteiger partial charge on any atom is -0.508 e. The summed E-state index contributed by atoms with van der Waals surface area (Å²) in [7, 11) is 0. The highest BCUT2D eigenvalue weighted by Gasteiger charge is 2.09. The first kappa shape index (κ1) is 12.7. The highest BCUT2D eigenvalue weighted by atomic mass is 16.3. The van der Waals surface area contributed by atoms with E-state index in [1.54, 1.807) is 12.3 Å². The van der Waals surface area contributed by atoms with Gasteiger partial charge < -0.3 is 14.8 Å². The summed E-state index contributed by atoms with van der Waals surface area (Å²) in [6.07, 6.45) is 2.54. The van der Waals surface area contributed by atoms with Crippen LogP contribution in [-0.4, -0.2) is 11.7 Å². The molecule has 0 saturated carbocycles. The van der Waals surface area contributed by atoms with Crippen LogP contribution >= 0.6 is 0 Å². The Morgan fingerprint density at radius 2 is 2.17 bits per heavy atom. The molecule has 0 aliphatic rings. The molecule has 0 bridgehead atoms. The second kappa shape index (κ2) is 5.74. The van der Waals surface area contributed by atoms with Crippen LogP contribution in [0, 0.1) is 6.92 Å². The maximum absolute atomic E-state index is 9.89. The highest BCUT2D eigenvalue weighted by Crippen LogP contribution is 2.24. The average molecular weight is 245 g/mol. The number of aromatic hydroxyl groups is 1. The summed E-state index contributed by atoms with van der Waals surface area (Å²) in [6.45, 7) is 4.84. The molecule has 0 fully saturated rings. The van der Waals surface area contributed by atoms with E-state index >= 15 is 0 Å². The van der Waals surface area contributed by atoms with E-state index in [1.165, 1.54) is 0 Å². The molecule has 2 N–H and O–H groups in total. The quantitative estimate of drug-likeness (QED) is 0.850. The summed E-state index contributed by atoms with van der Waals surface area (Å²) < 4.78 is 5.27. The van der Waals surface area contributed by atoms with Crippen LogP contribution in [0.4, 0.5) is 0 Å². The molecule has 1 unspecified atom stereocenters. The summed E-state index contributed by atoms with van der Waals surface area (Å²) in [5.74, 6) is 1.33. The number of nitrogens with one attached hydrogen (secondary N) is 1. The number of furan rings is 1. The lowest BCUT2D eigenvalue weighted by atomic mass is 10.0. The number of aryl methyl sites for hydroxylation is 1. The Kier molecular flexibility index (Phi) is 4.05. The van der Waals surface area contributed by atoms with Crippen LogP contribution in [0.5, 0.6) is 5.75 Å². The highest BCUT2D eigenvalue weighted by molar-refractivity contribution is 5.37. The number of hydrogen-bond donors (Lipinski definition) is 2. The minimum absolute atomic E-state index is 0.126. The monoisotopic (exact) mass is 245 g/mol. The zero-order valence-electron chi connectivity index (χ0n) is 10.8. The Morgan fingerprint density at radius 1 is 1.33 bits per heavy atom. The molecule has 0 aliphatic heterocycles. The van der Waals surface area contributed by atoms with Gasteiger partial charge in [-0.25, -0.2) is 0 Å². The third-order valence-corrected chi connectivity index (χ3v) is 3.05. The molecule has 0 saturated heterocycles. The van der Waals surface area contributed by atoms with Gasteiger partial charge in [0.05, 0.1) is 6.26 Å². The van der Waals surface area contributed by atoms with Crippen LogP contribution in [0.1, 0.15) is 29.9 Å². The Balaban J connectivity index is 1.89. The zero-order chi connectivity index (χ0) is 13.0. The molecule has 0 amide bonds. The molecule has 3 heteroatoms. The molecule has 1 atom stereocenters. The Morgan fingerprint density at radius 3 is 2.83 bits per heavy atom. The van der Waals surface area contributed by atoms with E-state index in [0.717, 1.165) is 29.9 Å². The van der Waals surface area contributed by atoms with Gasteiger partial charge in [-0.05, 0) is 37.6 Å². The van der Waals surface area contributed by atoms with Crippen LogP contribution in [0.2, 0.25) is 0 Å². The van der Waals surface area contributed by atoms with Crippen molar-refractivity contribution >= 4 is 0 Å². The third kappa shape index (κ3) is 3.14. The van der Waals surface area contributed by atoms with Crippen molar-refractivity contribution in [2.45, 2.75) is 26.3 Å². The maximum Gasteiger partial charge on any atom is 0.120 e. The predicted molar refractivity (Wildman–Crippen MR) is 71.7 cm³/mol. The second-order valence-corrected chi connectivity index (χ2v) is 4.57. The normalized spacial score (nSPS) is 12.6. The second-order valence-electron chi connectivity index (χ2n) is 4.57. The summed E-state index contributed by atoms with van der Waals surface area (Å²) in [5, 5.41) is 13.3. The molecule has 0 radical (unpaired) electrons. The van der Waals surface area contributed by atoms with Crippen LogP contribution in [0.15, 0.2) is 41.0 Å². The van der Waals surface area contributed by atoms with Gasteiger partial charge >= 0.3 is 0 Å². The van der Waals surface area contributed by atoms with Crippen LogP contribution in [-0.2, 0) is 6.42 Å². The summed E-state index contributed by atoms with van der Waals surface area (Å²) in [4.78, 5) is 0. The summed E-state index contributed by atoms with van der Waals surface area (Å²) in [6, 6.07) is 9.76. The van der Waals surface area contributed by atoms with E-state index in [0.29, 0.717) is 5.75 Å². The first-order valence-corrected chi connectivity index (χ1v) is 6.22. The van der Waals surface area contributed by atoms with E-state index in [2.05, 4.69) is 5.32 Å². The molecule has 1 heterocycles.